The largest absolute Gasteiger partial charge is 0.367 e. The maximum absolute atomic E-state index is 12.1. The predicted octanol–water partition coefficient (Wildman–Crippen LogP) is 2.01. The number of anilines is 2. The number of aryl methyl sites for hydroxylation is 1. The summed E-state index contributed by atoms with van der Waals surface area (Å²) in [6.07, 6.45) is 0. The molecule has 116 valence electrons. The first-order chi connectivity index (χ1) is 10.6. The first kappa shape index (κ1) is 15.9. The van der Waals surface area contributed by atoms with Gasteiger partial charge in [0.1, 0.15) is 5.82 Å². The summed E-state index contributed by atoms with van der Waals surface area (Å²) < 4.78 is 0. The van der Waals surface area contributed by atoms with Crippen LogP contribution in [0.2, 0.25) is 0 Å². The van der Waals surface area contributed by atoms with Gasteiger partial charge >= 0.3 is 0 Å². The number of aromatic nitrogens is 2. The molecule has 0 aliphatic carbocycles. The van der Waals surface area contributed by atoms with Crippen molar-refractivity contribution in [1.29, 1.82) is 0 Å². The highest BCUT2D eigenvalue weighted by atomic mass is 16.1. The maximum atomic E-state index is 12.1. The molecule has 22 heavy (non-hydrogen) atoms. The Kier molecular flexibility index (Phi) is 5.43. The van der Waals surface area contributed by atoms with Crippen LogP contribution in [0.25, 0.3) is 0 Å². The van der Waals surface area contributed by atoms with E-state index in [0.717, 1.165) is 24.3 Å². The normalized spacial score (nSPS) is 10.5. The van der Waals surface area contributed by atoms with Crippen molar-refractivity contribution in [3.63, 3.8) is 0 Å². The summed E-state index contributed by atoms with van der Waals surface area (Å²) in [6, 6.07) is 11.0. The lowest BCUT2D eigenvalue weighted by atomic mass is 10.2. The number of nitrogens with one attached hydrogen (secondary N) is 2. The number of hydrogen-bond acceptors (Lipinski definition) is 5. The van der Waals surface area contributed by atoms with Crippen molar-refractivity contribution in [2.24, 2.45) is 0 Å². The highest BCUT2D eigenvalue weighted by Gasteiger charge is 2.09. The maximum Gasteiger partial charge on any atom is 0.276 e. The topological polar surface area (TPSA) is 70.2 Å². The van der Waals surface area contributed by atoms with Crippen LogP contribution in [0.3, 0.4) is 0 Å². The molecule has 0 bridgehead atoms. The molecule has 0 spiro atoms. The van der Waals surface area contributed by atoms with Crippen LogP contribution in [0.15, 0.2) is 36.4 Å². The van der Waals surface area contributed by atoms with E-state index in [9.17, 15) is 4.79 Å². The summed E-state index contributed by atoms with van der Waals surface area (Å²) >= 11 is 0. The molecule has 1 aromatic heterocycles. The smallest absolute Gasteiger partial charge is 0.276 e. The fourth-order valence-electron chi connectivity index (χ4n) is 1.85. The van der Waals surface area contributed by atoms with Crippen molar-refractivity contribution in [1.82, 2.24) is 15.1 Å². The summed E-state index contributed by atoms with van der Waals surface area (Å²) in [5, 5.41) is 14.0. The fourth-order valence-corrected chi connectivity index (χ4v) is 1.85. The van der Waals surface area contributed by atoms with E-state index >= 15 is 0 Å². The van der Waals surface area contributed by atoms with Gasteiger partial charge in [-0.05, 0) is 44.8 Å². The summed E-state index contributed by atoms with van der Waals surface area (Å²) in [4.78, 5) is 14.2. The van der Waals surface area contributed by atoms with Gasteiger partial charge in [0.15, 0.2) is 5.69 Å². The highest BCUT2D eigenvalue weighted by Crippen LogP contribution is 2.14. The average molecular weight is 299 g/mol. The number of amides is 1. The van der Waals surface area contributed by atoms with Crippen LogP contribution in [0.4, 0.5) is 11.5 Å². The molecule has 6 nitrogen and oxygen atoms in total. The van der Waals surface area contributed by atoms with Gasteiger partial charge < -0.3 is 15.5 Å². The number of para-hydroxylation sites is 1. The molecule has 0 aliphatic heterocycles. The quantitative estimate of drug-likeness (QED) is 0.854. The summed E-state index contributed by atoms with van der Waals surface area (Å²) in [5.41, 5.74) is 2.08. The SMILES string of the molecule is Cc1ccccc1NC(=O)c1ccc(NCCN(C)C)nn1. The van der Waals surface area contributed by atoms with E-state index in [0.29, 0.717) is 11.5 Å². The molecule has 0 saturated heterocycles. The molecule has 6 heteroatoms. The van der Waals surface area contributed by atoms with Crippen molar-refractivity contribution in [3.05, 3.63) is 47.7 Å². The number of benzene rings is 1. The predicted molar refractivity (Wildman–Crippen MR) is 88.2 cm³/mol. The Morgan fingerprint density at radius 3 is 2.55 bits per heavy atom. The van der Waals surface area contributed by atoms with Crippen LogP contribution in [-0.2, 0) is 0 Å². The second-order valence-corrected chi connectivity index (χ2v) is 5.30. The first-order valence-corrected chi connectivity index (χ1v) is 7.15. The Bertz CT molecular complexity index is 625. The number of likely N-dealkylation sites (N-methyl/N-ethyl adjacent to an activating group) is 1. The van der Waals surface area contributed by atoms with E-state index in [1.54, 1.807) is 12.1 Å². The minimum Gasteiger partial charge on any atom is -0.367 e. The molecule has 1 heterocycles. The van der Waals surface area contributed by atoms with Gasteiger partial charge in [-0.15, -0.1) is 10.2 Å². The molecule has 0 unspecified atom stereocenters. The molecule has 2 rings (SSSR count). The van der Waals surface area contributed by atoms with Crippen LogP contribution in [0, 0.1) is 6.92 Å². The minimum atomic E-state index is -0.262. The Balaban J connectivity index is 1.95. The summed E-state index contributed by atoms with van der Waals surface area (Å²) in [5.74, 6) is 0.399. The molecule has 0 fully saturated rings. The van der Waals surface area contributed by atoms with E-state index in [1.807, 2.05) is 45.3 Å². The van der Waals surface area contributed by atoms with Crippen molar-refractivity contribution >= 4 is 17.4 Å². The molecular formula is C16H21N5O. The van der Waals surface area contributed by atoms with E-state index < -0.39 is 0 Å². The lowest BCUT2D eigenvalue weighted by Crippen LogP contribution is -2.21. The third kappa shape index (κ3) is 4.53. The molecule has 0 saturated carbocycles. The van der Waals surface area contributed by atoms with Gasteiger partial charge in [-0.25, -0.2) is 0 Å². The zero-order valence-corrected chi connectivity index (χ0v) is 13.1. The van der Waals surface area contributed by atoms with Gasteiger partial charge in [-0.2, -0.15) is 0 Å². The number of carbonyl (C=O) groups is 1. The molecule has 0 aliphatic rings. The van der Waals surface area contributed by atoms with Gasteiger partial charge in [0.05, 0.1) is 0 Å². The number of hydrogen-bond donors (Lipinski definition) is 2. The van der Waals surface area contributed by atoms with E-state index in [2.05, 4.69) is 25.7 Å². The number of carbonyl (C=O) groups excluding carboxylic acids is 1. The third-order valence-corrected chi connectivity index (χ3v) is 3.16. The Labute approximate surface area is 130 Å². The van der Waals surface area contributed by atoms with E-state index in [1.165, 1.54) is 0 Å². The number of nitrogens with zero attached hydrogens (tertiary/aromatic N) is 3. The summed E-state index contributed by atoms with van der Waals surface area (Å²) in [6.45, 7) is 3.62. The van der Waals surface area contributed by atoms with Crippen LogP contribution in [0.5, 0.6) is 0 Å². The molecule has 1 aromatic carbocycles. The zero-order valence-electron chi connectivity index (χ0n) is 13.1. The van der Waals surface area contributed by atoms with Crippen LogP contribution in [-0.4, -0.2) is 48.2 Å². The third-order valence-electron chi connectivity index (χ3n) is 3.16. The molecule has 0 atom stereocenters. The molecule has 0 radical (unpaired) electrons. The van der Waals surface area contributed by atoms with Crippen LogP contribution in [0.1, 0.15) is 16.1 Å². The Morgan fingerprint density at radius 2 is 1.91 bits per heavy atom. The van der Waals surface area contributed by atoms with Gasteiger partial charge in [0.2, 0.25) is 0 Å². The minimum absolute atomic E-state index is 0.262. The van der Waals surface area contributed by atoms with E-state index in [4.69, 9.17) is 0 Å². The first-order valence-electron chi connectivity index (χ1n) is 7.15. The fraction of sp³-hybridized carbons (Fsp3) is 0.312. The number of rotatable bonds is 6. The van der Waals surface area contributed by atoms with Gasteiger partial charge in [0.25, 0.3) is 5.91 Å². The van der Waals surface area contributed by atoms with Crippen molar-refractivity contribution in [2.75, 3.05) is 37.8 Å². The molecular weight excluding hydrogens is 278 g/mol. The van der Waals surface area contributed by atoms with Crippen molar-refractivity contribution < 1.29 is 4.79 Å². The van der Waals surface area contributed by atoms with Gasteiger partial charge in [-0.3, -0.25) is 4.79 Å². The van der Waals surface area contributed by atoms with E-state index in [-0.39, 0.29) is 5.91 Å². The second-order valence-electron chi connectivity index (χ2n) is 5.30. The monoisotopic (exact) mass is 299 g/mol. The zero-order chi connectivity index (χ0) is 15.9. The van der Waals surface area contributed by atoms with Gasteiger partial charge in [0, 0.05) is 18.8 Å². The lowest BCUT2D eigenvalue weighted by molar-refractivity contribution is 0.102. The average Bonchev–Trinajstić information content (AvgIpc) is 2.50. The Morgan fingerprint density at radius 1 is 1.14 bits per heavy atom. The Hall–Kier alpha value is -2.47. The molecule has 1 amide bonds. The standard InChI is InChI=1S/C16H21N5O/c1-12-6-4-5-7-13(12)18-16(22)14-8-9-15(20-19-14)17-10-11-21(2)3/h4-9H,10-11H2,1-3H3,(H,17,20)(H,18,22). The highest BCUT2D eigenvalue weighted by molar-refractivity contribution is 6.03. The second kappa shape index (κ2) is 7.51. The lowest BCUT2D eigenvalue weighted by Gasteiger charge is -2.10. The summed E-state index contributed by atoms with van der Waals surface area (Å²) in [7, 11) is 4.01. The van der Waals surface area contributed by atoms with Crippen LogP contribution >= 0.6 is 0 Å². The van der Waals surface area contributed by atoms with Crippen molar-refractivity contribution in [2.45, 2.75) is 6.92 Å². The van der Waals surface area contributed by atoms with Crippen molar-refractivity contribution in [3.8, 4) is 0 Å². The van der Waals surface area contributed by atoms with Gasteiger partial charge in [-0.1, -0.05) is 18.2 Å². The molecule has 2 aromatic rings. The molecule has 2 N–H and O–H groups in total. The van der Waals surface area contributed by atoms with Crippen LogP contribution < -0.4 is 10.6 Å².